The molecule has 2 aromatic rings. The number of nitrogens with one attached hydrogen (secondary N) is 1. The summed E-state index contributed by atoms with van der Waals surface area (Å²) in [6, 6.07) is 9.14. The van der Waals surface area contributed by atoms with Gasteiger partial charge in [0.15, 0.2) is 5.75 Å². The molecule has 0 atom stereocenters. The highest BCUT2D eigenvalue weighted by atomic mass is 35.5. The van der Waals surface area contributed by atoms with Crippen molar-refractivity contribution in [2.75, 3.05) is 11.6 Å². The third-order valence-electron chi connectivity index (χ3n) is 3.09. The van der Waals surface area contributed by atoms with E-state index in [0.717, 1.165) is 10.5 Å². The Balaban J connectivity index is 2.15. The highest BCUT2D eigenvalue weighted by molar-refractivity contribution is 7.98. The Labute approximate surface area is 144 Å². The lowest BCUT2D eigenvalue weighted by Gasteiger charge is -2.12. The first-order valence-electron chi connectivity index (χ1n) is 6.50. The number of amides is 1. The summed E-state index contributed by atoms with van der Waals surface area (Å²) in [5, 5.41) is 3.59. The predicted molar refractivity (Wildman–Crippen MR) is 93.8 cm³/mol. The van der Waals surface area contributed by atoms with Crippen LogP contribution in [0.2, 0.25) is 10.0 Å². The van der Waals surface area contributed by atoms with Gasteiger partial charge in [0, 0.05) is 15.6 Å². The first kappa shape index (κ1) is 17.0. The summed E-state index contributed by atoms with van der Waals surface area (Å²) in [7, 11) is 0. The van der Waals surface area contributed by atoms with Gasteiger partial charge in [-0.25, -0.2) is 4.79 Å². The van der Waals surface area contributed by atoms with Crippen LogP contribution in [0.5, 0.6) is 5.75 Å². The average Bonchev–Trinajstić information content (AvgIpc) is 2.50. The van der Waals surface area contributed by atoms with Crippen LogP contribution in [0.4, 0.5) is 10.5 Å². The number of benzene rings is 2. The topological polar surface area (TPSA) is 38.3 Å². The lowest BCUT2D eigenvalue weighted by atomic mass is 10.1. The van der Waals surface area contributed by atoms with Gasteiger partial charge in [-0.05, 0) is 55.5 Å². The van der Waals surface area contributed by atoms with E-state index in [4.69, 9.17) is 27.9 Å². The van der Waals surface area contributed by atoms with E-state index >= 15 is 0 Å². The van der Waals surface area contributed by atoms with Crippen molar-refractivity contribution in [2.24, 2.45) is 0 Å². The van der Waals surface area contributed by atoms with Gasteiger partial charge in [-0.1, -0.05) is 29.3 Å². The molecule has 0 aliphatic carbocycles. The van der Waals surface area contributed by atoms with E-state index in [1.165, 1.54) is 0 Å². The molecule has 2 rings (SSSR count). The van der Waals surface area contributed by atoms with Crippen molar-refractivity contribution in [1.29, 1.82) is 0 Å². The summed E-state index contributed by atoms with van der Waals surface area (Å²) >= 11 is 13.9. The standard InChI is InChI=1S/C16H15Cl2NO2S/c1-9-7-13(15(18)10(2)14(9)17)21-16(20)19-11-5-4-6-12(8-11)22-3/h4-8H,1-3H3,(H,19,20). The number of hydrogen-bond donors (Lipinski definition) is 1. The van der Waals surface area contributed by atoms with Crippen molar-refractivity contribution >= 4 is 46.7 Å². The minimum atomic E-state index is -0.596. The molecule has 0 radical (unpaired) electrons. The van der Waals surface area contributed by atoms with E-state index in [-0.39, 0.29) is 0 Å². The van der Waals surface area contributed by atoms with Gasteiger partial charge in [-0.3, -0.25) is 5.32 Å². The average molecular weight is 356 g/mol. The number of carbonyl (C=O) groups is 1. The molecule has 0 aromatic heterocycles. The maximum Gasteiger partial charge on any atom is 0.417 e. The Bertz CT molecular complexity index is 720. The number of halogens is 2. The third kappa shape index (κ3) is 3.88. The molecule has 0 bridgehead atoms. The van der Waals surface area contributed by atoms with Crippen molar-refractivity contribution in [2.45, 2.75) is 18.7 Å². The number of carbonyl (C=O) groups excluding carboxylic acids is 1. The fourth-order valence-corrected chi connectivity index (χ4v) is 2.76. The summed E-state index contributed by atoms with van der Waals surface area (Å²) in [6.07, 6.45) is 1.37. The molecule has 1 N–H and O–H groups in total. The van der Waals surface area contributed by atoms with Crippen molar-refractivity contribution in [3.8, 4) is 5.75 Å². The van der Waals surface area contributed by atoms with Crippen molar-refractivity contribution in [3.05, 3.63) is 51.5 Å². The molecule has 1 amide bonds. The summed E-state index contributed by atoms with van der Waals surface area (Å²) in [5.41, 5.74) is 2.15. The Kier molecular flexibility index (Phi) is 5.62. The summed E-state index contributed by atoms with van der Waals surface area (Å²) in [6.45, 7) is 3.61. The monoisotopic (exact) mass is 355 g/mol. The van der Waals surface area contributed by atoms with Crippen LogP contribution in [-0.4, -0.2) is 12.3 Å². The Morgan fingerprint density at radius 3 is 2.59 bits per heavy atom. The molecule has 116 valence electrons. The largest absolute Gasteiger partial charge is 0.417 e. The highest BCUT2D eigenvalue weighted by Crippen LogP contribution is 2.35. The van der Waals surface area contributed by atoms with Crippen molar-refractivity contribution in [1.82, 2.24) is 0 Å². The van der Waals surface area contributed by atoms with Crippen LogP contribution in [0.15, 0.2) is 35.2 Å². The van der Waals surface area contributed by atoms with Crippen molar-refractivity contribution in [3.63, 3.8) is 0 Å². The highest BCUT2D eigenvalue weighted by Gasteiger charge is 2.14. The second kappa shape index (κ2) is 7.27. The molecule has 3 nitrogen and oxygen atoms in total. The normalized spacial score (nSPS) is 10.4. The van der Waals surface area contributed by atoms with Crippen LogP contribution in [0.3, 0.4) is 0 Å². The summed E-state index contributed by atoms with van der Waals surface area (Å²) < 4.78 is 5.29. The molecule has 0 aliphatic rings. The Morgan fingerprint density at radius 1 is 1.18 bits per heavy atom. The lowest BCUT2D eigenvalue weighted by molar-refractivity contribution is 0.215. The second-order valence-corrected chi connectivity index (χ2v) is 6.33. The van der Waals surface area contributed by atoms with Gasteiger partial charge in [0.1, 0.15) is 0 Å². The Morgan fingerprint density at radius 2 is 1.91 bits per heavy atom. The molecule has 2 aromatic carbocycles. The maximum absolute atomic E-state index is 12.0. The minimum absolute atomic E-state index is 0.291. The molecule has 0 spiro atoms. The molecule has 0 unspecified atom stereocenters. The van der Waals surface area contributed by atoms with Crippen molar-refractivity contribution < 1.29 is 9.53 Å². The van der Waals surface area contributed by atoms with Crippen LogP contribution < -0.4 is 10.1 Å². The molecule has 6 heteroatoms. The molecule has 0 fully saturated rings. The minimum Gasteiger partial charge on any atom is -0.408 e. The van der Waals surface area contributed by atoms with E-state index in [1.54, 1.807) is 30.8 Å². The van der Waals surface area contributed by atoms with E-state index in [0.29, 0.717) is 27.0 Å². The van der Waals surface area contributed by atoms with Gasteiger partial charge in [-0.2, -0.15) is 0 Å². The first-order valence-corrected chi connectivity index (χ1v) is 8.48. The zero-order valence-electron chi connectivity index (χ0n) is 12.4. The van der Waals surface area contributed by atoms with E-state index in [1.807, 2.05) is 31.4 Å². The van der Waals surface area contributed by atoms with Crippen LogP contribution in [0, 0.1) is 13.8 Å². The van der Waals surface area contributed by atoms with Gasteiger partial charge in [0.05, 0.1) is 5.02 Å². The van der Waals surface area contributed by atoms with E-state index in [9.17, 15) is 4.79 Å². The number of hydrogen-bond acceptors (Lipinski definition) is 3. The quantitative estimate of drug-likeness (QED) is 0.692. The summed E-state index contributed by atoms with van der Waals surface area (Å²) in [4.78, 5) is 13.1. The molecular weight excluding hydrogens is 341 g/mol. The molecule has 0 aliphatic heterocycles. The zero-order chi connectivity index (χ0) is 16.3. The fraction of sp³-hybridized carbons (Fsp3) is 0.188. The third-order valence-corrected chi connectivity index (χ3v) is 4.86. The molecular formula is C16H15Cl2NO2S. The predicted octanol–water partition coefficient (Wildman–Crippen LogP) is 5.94. The van der Waals surface area contributed by atoms with Gasteiger partial charge in [0.2, 0.25) is 0 Å². The molecule has 0 heterocycles. The van der Waals surface area contributed by atoms with Crippen LogP contribution in [-0.2, 0) is 0 Å². The van der Waals surface area contributed by atoms with Crippen LogP contribution in [0.1, 0.15) is 11.1 Å². The number of rotatable bonds is 3. The van der Waals surface area contributed by atoms with Gasteiger partial charge in [0.25, 0.3) is 0 Å². The number of aryl methyl sites for hydroxylation is 1. The van der Waals surface area contributed by atoms with Gasteiger partial charge < -0.3 is 4.74 Å². The number of ether oxygens (including phenoxy) is 1. The zero-order valence-corrected chi connectivity index (χ0v) is 14.7. The Hall–Kier alpha value is -1.36. The van der Waals surface area contributed by atoms with Gasteiger partial charge >= 0.3 is 6.09 Å². The molecule has 0 saturated heterocycles. The van der Waals surface area contributed by atoms with Crippen LogP contribution >= 0.6 is 35.0 Å². The second-order valence-electron chi connectivity index (χ2n) is 4.69. The number of thioether (sulfide) groups is 1. The SMILES string of the molecule is CSc1cccc(NC(=O)Oc2cc(C)c(Cl)c(C)c2Cl)c1. The summed E-state index contributed by atoms with van der Waals surface area (Å²) in [5.74, 6) is 0.291. The van der Waals surface area contributed by atoms with Crippen LogP contribution in [0.25, 0.3) is 0 Å². The van der Waals surface area contributed by atoms with Gasteiger partial charge in [-0.15, -0.1) is 11.8 Å². The molecule has 0 saturated carbocycles. The van der Waals surface area contributed by atoms with E-state index in [2.05, 4.69) is 5.32 Å². The number of anilines is 1. The molecule has 22 heavy (non-hydrogen) atoms. The first-order chi connectivity index (χ1) is 10.4. The fourth-order valence-electron chi connectivity index (χ4n) is 1.92. The smallest absolute Gasteiger partial charge is 0.408 e. The lowest BCUT2D eigenvalue weighted by Crippen LogP contribution is -2.17. The maximum atomic E-state index is 12.0. The van der Waals surface area contributed by atoms with E-state index < -0.39 is 6.09 Å².